The first-order valence-electron chi connectivity index (χ1n) is 15.6. The molecule has 0 saturated heterocycles. The first-order chi connectivity index (χ1) is 18.0. The number of fused-ring (bicyclic) bond motifs is 5. The minimum absolute atomic E-state index is 0.141. The van der Waals surface area contributed by atoms with Crippen molar-refractivity contribution >= 4 is 9.84 Å². The predicted molar refractivity (Wildman–Crippen MR) is 154 cm³/mol. The maximum absolute atomic E-state index is 12.8. The smallest absolute Gasteiger partial charge is 0.154 e. The SMILES string of the molecule is CC[C@H]1[C@@H](O)[C@@H]2[C@H](CC[C@]3(C)[C@@H]([C@H](C)CCCS(=O)(=O)Cc4ccccc4)CC[C@@H]23)[C@@]2(C)CC[C@@H](O)C[C@@H]12. The van der Waals surface area contributed by atoms with Crippen LogP contribution >= 0.6 is 0 Å². The molecule has 0 amide bonds. The Balaban J connectivity index is 1.26. The number of aliphatic hydroxyl groups is 2. The highest BCUT2D eigenvalue weighted by Gasteiger charge is 2.64. The van der Waals surface area contributed by atoms with E-state index in [2.05, 4.69) is 27.7 Å². The van der Waals surface area contributed by atoms with E-state index in [1.807, 2.05) is 30.3 Å². The van der Waals surface area contributed by atoms with Gasteiger partial charge in [-0.2, -0.15) is 0 Å². The van der Waals surface area contributed by atoms with Gasteiger partial charge in [-0.3, -0.25) is 0 Å². The third kappa shape index (κ3) is 5.02. The van der Waals surface area contributed by atoms with Crippen LogP contribution in [-0.2, 0) is 15.6 Å². The number of benzene rings is 1. The van der Waals surface area contributed by atoms with Crippen molar-refractivity contribution in [2.24, 2.45) is 52.3 Å². The molecule has 0 unspecified atom stereocenters. The summed E-state index contributed by atoms with van der Waals surface area (Å²) in [4.78, 5) is 0. The highest BCUT2D eigenvalue weighted by molar-refractivity contribution is 7.90. The molecule has 4 fully saturated rings. The van der Waals surface area contributed by atoms with Crippen LogP contribution in [0.15, 0.2) is 30.3 Å². The number of hydrogen-bond acceptors (Lipinski definition) is 4. The van der Waals surface area contributed by atoms with E-state index in [1.165, 1.54) is 25.7 Å². The summed E-state index contributed by atoms with van der Waals surface area (Å²) in [6, 6.07) is 9.54. The monoisotopic (exact) mass is 544 g/mol. The Kier molecular flexibility index (Phi) is 8.15. The fourth-order valence-electron chi connectivity index (χ4n) is 10.7. The van der Waals surface area contributed by atoms with Crippen molar-refractivity contribution in [2.75, 3.05) is 5.75 Å². The largest absolute Gasteiger partial charge is 0.393 e. The normalized spacial score (nSPS) is 43.6. The zero-order chi connectivity index (χ0) is 27.3. The summed E-state index contributed by atoms with van der Waals surface area (Å²) in [6.07, 6.45) is 9.97. The summed E-state index contributed by atoms with van der Waals surface area (Å²) < 4.78 is 25.5. The Hall–Kier alpha value is -0.910. The van der Waals surface area contributed by atoms with Gasteiger partial charge in [0.15, 0.2) is 9.84 Å². The standard InChI is InChI=1S/C33H52O4S/c1-5-25-29-20-24(34)15-17-33(29,4)28-16-18-32(3)26(13-14-27(32)30(28)31(25)35)22(2)10-9-19-38(36,37)21-23-11-7-6-8-12-23/h6-8,11-12,22,24-31,34-35H,5,9-10,13-21H2,1-4H3/t22-,24-,25-,26-,27+,28+,29+,30+,31-,32-,33-/m1/s1. The van der Waals surface area contributed by atoms with E-state index in [0.29, 0.717) is 41.4 Å². The average Bonchev–Trinajstić information content (AvgIpc) is 3.23. The Labute approximate surface area is 231 Å². The second kappa shape index (κ2) is 10.8. The number of hydrogen-bond donors (Lipinski definition) is 2. The molecule has 4 aliphatic carbocycles. The van der Waals surface area contributed by atoms with Crippen molar-refractivity contribution in [3.63, 3.8) is 0 Å². The van der Waals surface area contributed by atoms with Gasteiger partial charge in [0, 0.05) is 0 Å². The molecule has 4 nitrogen and oxygen atoms in total. The Morgan fingerprint density at radius 1 is 0.947 bits per heavy atom. The summed E-state index contributed by atoms with van der Waals surface area (Å²) in [7, 11) is -3.10. The number of rotatable bonds is 8. The van der Waals surface area contributed by atoms with Crippen molar-refractivity contribution in [1.82, 2.24) is 0 Å². The van der Waals surface area contributed by atoms with Crippen LogP contribution in [0, 0.1) is 52.3 Å². The van der Waals surface area contributed by atoms with Crippen molar-refractivity contribution < 1.29 is 18.6 Å². The summed E-state index contributed by atoms with van der Waals surface area (Å²) in [6.45, 7) is 9.62. The first kappa shape index (κ1) is 28.6. The molecule has 0 heterocycles. The van der Waals surface area contributed by atoms with Crippen LogP contribution in [-0.4, -0.2) is 36.6 Å². The minimum atomic E-state index is -3.10. The Bertz CT molecular complexity index is 1060. The van der Waals surface area contributed by atoms with Crippen molar-refractivity contribution in [3.05, 3.63) is 35.9 Å². The van der Waals surface area contributed by atoms with Crippen LogP contribution in [0.3, 0.4) is 0 Å². The average molecular weight is 545 g/mol. The van der Waals surface area contributed by atoms with E-state index in [9.17, 15) is 18.6 Å². The lowest BCUT2D eigenvalue weighted by molar-refractivity contribution is -0.203. The Morgan fingerprint density at radius 2 is 1.63 bits per heavy atom. The zero-order valence-corrected chi connectivity index (χ0v) is 25.0. The molecule has 0 bridgehead atoms. The molecule has 0 radical (unpaired) electrons. The number of sulfone groups is 1. The highest BCUT2D eigenvalue weighted by Crippen LogP contribution is 2.69. The van der Waals surface area contributed by atoms with Crippen molar-refractivity contribution in [2.45, 2.75) is 110 Å². The van der Waals surface area contributed by atoms with Gasteiger partial charge in [-0.05, 0) is 116 Å². The molecule has 2 N–H and O–H groups in total. The van der Waals surface area contributed by atoms with Crippen LogP contribution in [0.1, 0.15) is 97.5 Å². The maximum atomic E-state index is 12.8. The molecule has 0 aromatic heterocycles. The second-order valence-electron chi connectivity index (χ2n) is 14.3. The summed E-state index contributed by atoms with van der Waals surface area (Å²) in [5, 5.41) is 22.4. The van der Waals surface area contributed by atoms with E-state index in [1.54, 1.807) is 0 Å². The van der Waals surface area contributed by atoms with Gasteiger partial charge in [-0.1, -0.05) is 64.4 Å². The van der Waals surface area contributed by atoms with Crippen LogP contribution < -0.4 is 0 Å². The summed E-state index contributed by atoms with van der Waals surface area (Å²) in [5.74, 6) is 3.75. The third-order valence-corrected chi connectivity index (χ3v) is 14.2. The van der Waals surface area contributed by atoms with Crippen LogP contribution in [0.25, 0.3) is 0 Å². The van der Waals surface area contributed by atoms with E-state index < -0.39 is 9.84 Å². The molecule has 4 saturated carbocycles. The summed E-state index contributed by atoms with van der Waals surface area (Å²) >= 11 is 0. The molecule has 11 atom stereocenters. The van der Waals surface area contributed by atoms with Gasteiger partial charge in [-0.15, -0.1) is 0 Å². The molecule has 1 aromatic carbocycles. The number of aliphatic hydroxyl groups excluding tert-OH is 2. The Morgan fingerprint density at radius 3 is 2.34 bits per heavy atom. The third-order valence-electron chi connectivity index (χ3n) is 12.5. The molecule has 0 spiro atoms. The van der Waals surface area contributed by atoms with Gasteiger partial charge in [0.25, 0.3) is 0 Å². The van der Waals surface area contributed by atoms with Gasteiger partial charge >= 0.3 is 0 Å². The van der Waals surface area contributed by atoms with Crippen molar-refractivity contribution in [3.8, 4) is 0 Å². The molecule has 5 heteroatoms. The molecule has 5 rings (SSSR count). The van der Waals surface area contributed by atoms with E-state index >= 15 is 0 Å². The first-order valence-corrected chi connectivity index (χ1v) is 17.4. The van der Waals surface area contributed by atoms with Crippen LogP contribution in [0.5, 0.6) is 0 Å². The van der Waals surface area contributed by atoms with Gasteiger partial charge < -0.3 is 10.2 Å². The van der Waals surface area contributed by atoms with E-state index in [4.69, 9.17) is 0 Å². The fourth-order valence-corrected chi connectivity index (χ4v) is 12.1. The molecule has 0 aliphatic heterocycles. The molecule has 214 valence electrons. The zero-order valence-electron chi connectivity index (χ0n) is 24.2. The lowest BCUT2D eigenvalue weighted by Gasteiger charge is -2.64. The molecule has 38 heavy (non-hydrogen) atoms. The van der Waals surface area contributed by atoms with Crippen LogP contribution in [0.2, 0.25) is 0 Å². The quantitative estimate of drug-likeness (QED) is 0.384. The topological polar surface area (TPSA) is 74.6 Å². The van der Waals surface area contributed by atoms with Gasteiger partial charge in [-0.25, -0.2) is 8.42 Å². The highest BCUT2D eigenvalue weighted by atomic mass is 32.2. The van der Waals surface area contributed by atoms with Gasteiger partial charge in [0.05, 0.1) is 23.7 Å². The lowest BCUT2D eigenvalue weighted by atomic mass is 9.41. The lowest BCUT2D eigenvalue weighted by Crippen LogP contribution is -2.62. The van der Waals surface area contributed by atoms with Gasteiger partial charge in [0.2, 0.25) is 0 Å². The van der Waals surface area contributed by atoms with E-state index in [-0.39, 0.29) is 34.5 Å². The minimum Gasteiger partial charge on any atom is -0.393 e. The molecule has 1 aromatic rings. The fraction of sp³-hybridized carbons (Fsp3) is 0.818. The second-order valence-corrected chi connectivity index (χ2v) is 16.5. The van der Waals surface area contributed by atoms with Gasteiger partial charge in [0.1, 0.15) is 0 Å². The predicted octanol–water partition coefficient (Wildman–Crippen LogP) is 6.64. The van der Waals surface area contributed by atoms with Crippen LogP contribution in [0.4, 0.5) is 0 Å². The molecule has 4 aliphatic rings. The van der Waals surface area contributed by atoms with E-state index in [0.717, 1.165) is 44.1 Å². The molecular formula is C33H52O4S. The molecular weight excluding hydrogens is 492 g/mol. The maximum Gasteiger partial charge on any atom is 0.154 e. The van der Waals surface area contributed by atoms with Crippen molar-refractivity contribution in [1.29, 1.82) is 0 Å². The summed E-state index contributed by atoms with van der Waals surface area (Å²) in [5.41, 5.74) is 1.35.